The van der Waals surface area contributed by atoms with Crippen LogP contribution in [0.3, 0.4) is 0 Å². The van der Waals surface area contributed by atoms with Gasteiger partial charge in [0.1, 0.15) is 0 Å². The van der Waals surface area contributed by atoms with E-state index < -0.39 is 0 Å². The van der Waals surface area contributed by atoms with Gasteiger partial charge in [0.15, 0.2) is 0 Å². The fourth-order valence-corrected chi connectivity index (χ4v) is 4.06. The van der Waals surface area contributed by atoms with Crippen molar-refractivity contribution in [3.63, 3.8) is 0 Å². The molecule has 0 N–H and O–H groups in total. The predicted molar refractivity (Wildman–Crippen MR) is 81.9 cm³/mol. The molecule has 0 aliphatic carbocycles. The first kappa shape index (κ1) is 14.4. The van der Waals surface area contributed by atoms with E-state index >= 15 is 0 Å². The van der Waals surface area contributed by atoms with E-state index in [2.05, 4.69) is 9.88 Å². The molecule has 2 atom stereocenters. The molecule has 1 aromatic rings. The van der Waals surface area contributed by atoms with E-state index in [1.54, 1.807) is 6.20 Å². The number of hydrogen-bond donors (Lipinski definition) is 0. The molecule has 0 spiro atoms. The summed E-state index contributed by atoms with van der Waals surface area (Å²) in [5, 5.41) is 0. The summed E-state index contributed by atoms with van der Waals surface area (Å²) in [7, 11) is 0. The highest BCUT2D eigenvalue weighted by Crippen LogP contribution is 2.43. The molecule has 0 saturated carbocycles. The van der Waals surface area contributed by atoms with Crippen LogP contribution in [0.15, 0.2) is 24.4 Å². The monoisotopic (exact) mass is 304 g/mol. The quantitative estimate of drug-likeness (QED) is 0.845. The number of aromatic nitrogens is 1. The topological polar surface area (TPSA) is 43.8 Å². The molecule has 0 amide bonds. The Labute approximate surface area is 131 Å². The van der Waals surface area contributed by atoms with E-state index in [9.17, 15) is 0 Å². The van der Waals surface area contributed by atoms with Gasteiger partial charge in [0.25, 0.3) is 0 Å². The van der Waals surface area contributed by atoms with Gasteiger partial charge in [0.05, 0.1) is 19.8 Å². The van der Waals surface area contributed by atoms with Gasteiger partial charge in [-0.05, 0) is 18.9 Å². The number of ether oxygens (including phenoxy) is 3. The Morgan fingerprint density at radius 3 is 3.00 bits per heavy atom. The maximum atomic E-state index is 5.99. The third kappa shape index (κ3) is 2.73. The molecule has 4 rings (SSSR count). The molecule has 1 aromatic heterocycles. The van der Waals surface area contributed by atoms with Crippen LogP contribution >= 0.6 is 0 Å². The fraction of sp³-hybridized carbons (Fsp3) is 0.706. The Balaban J connectivity index is 1.42. The first-order valence-electron chi connectivity index (χ1n) is 8.29. The molecule has 0 bridgehead atoms. The van der Waals surface area contributed by atoms with Crippen molar-refractivity contribution in [2.24, 2.45) is 11.3 Å². The van der Waals surface area contributed by atoms with Gasteiger partial charge in [0, 0.05) is 55.9 Å². The van der Waals surface area contributed by atoms with Crippen LogP contribution in [0.4, 0.5) is 0 Å². The average molecular weight is 304 g/mol. The highest BCUT2D eigenvalue weighted by molar-refractivity contribution is 5.10. The summed E-state index contributed by atoms with van der Waals surface area (Å²) in [5.41, 5.74) is 0.135. The number of hydrogen-bond acceptors (Lipinski definition) is 5. The maximum Gasteiger partial charge on any atom is 0.213 e. The van der Waals surface area contributed by atoms with Crippen LogP contribution in [0.5, 0.6) is 5.88 Å². The van der Waals surface area contributed by atoms with Crippen LogP contribution in [-0.4, -0.2) is 62.0 Å². The average Bonchev–Trinajstić information content (AvgIpc) is 3.12. The lowest BCUT2D eigenvalue weighted by Crippen LogP contribution is -2.41. The summed E-state index contributed by atoms with van der Waals surface area (Å²) in [5.74, 6) is 1.30. The Hall–Kier alpha value is -1.17. The zero-order valence-electron chi connectivity index (χ0n) is 12.9. The molecule has 0 unspecified atom stereocenters. The molecule has 120 valence electrons. The van der Waals surface area contributed by atoms with Crippen LogP contribution in [-0.2, 0) is 9.47 Å². The lowest BCUT2D eigenvalue weighted by Gasteiger charge is -2.33. The van der Waals surface area contributed by atoms with Gasteiger partial charge in [0.2, 0.25) is 5.88 Å². The largest absolute Gasteiger partial charge is 0.477 e. The molecule has 5 heteroatoms. The van der Waals surface area contributed by atoms with Crippen LogP contribution < -0.4 is 4.74 Å². The standard InChI is InChI=1S/C17H24N2O3/c1-2-6-18-16(3-1)22-13-17-11-19(9-14(17)10-21-12-17)15-4-7-20-8-5-15/h1-3,6,14-15H,4-5,7-13H2/t14-,17+/m1/s1. The highest BCUT2D eigenvalue weighted by atomic mass is 16.5. The Morgan fingerprint density at radius 1 is 1.27 bits per heavy atom. The lowest BCUT2D eigenvalue weighted by atomic mass is 9.82. The van der Waals surface area contributed by atoms with Gasteiger partial charge in [-0.25, -0.2) is 4.98 Å². The molecule has 3 aliphatic heterocycles. The second-order valence-corrected chi connectivity index (χ2v) is 6.80. The van der Waals surface area contributed by atoms with Crippen molar-refractivity contribution >= 4 is 0 Å². The van der Waals surface area contributed by atoms with Crippen molar-refractivity contribution in [3.05, 3.63) is 24.4 Å². The van der Waals surface area contributed by atoms with Crippen molar-refractivity contribution in [2.45, 2.75) is 18.9 Å². The van der Waals surface area contributed by atoms with Gasteiger partial charge in [-0.2, -0.15) is 0 Å². The fourth-order valence-electron chi connectivity index (χ4n) is 4.06. The van der Waals surface area contributed by atoms with Gasteiger partial charge >= 0.3 is 0 Å². The summed E-state index contributed by atoms with van der Waals surface area (Å²) in [6.45, 7) is 6.40. The molecule has 4 heterocycles. The van der Waals surface area contributed by atoms with Crippen LogP contribution in [0.1, 0.15) is 12.8 Å². The van der Waals surface area contributed by atoms with Crippen molar-refractivity contribution in [1.82, 2.24) is 9.88 Å². The number of pyridine rings is 1. The summed E-state index contributed by atoms with van der Waals surface area (Å²) in [4.78, 5) is 6.92. The van der Waals surface area contributed by atoms with Crippen molar-refractivity contribution in [2.75, 3.05) is 46.1 Å². The predicted octanol–water partition coefficient (Wildman–Crippen LogP) is 1.59. The molecule has 5 nitrogen and oxygen atoms in total. The van der Waals surface area contributed by atoms with Crippen LogP contribution in [0, 0.1) is 11.3 Å². The van der Waals surface area contributed by atoms with Crippen LogP contribution in [0.25, 0.3) is 0 Å². The van der Waals surface area contributed by atoms with E-state index in [1.807, 2.05) is 18.2 Å². The summed E-state index contributed by atoms with van der Waals surface area (Å²) >= 11 is 0. The van der Waals surface area contributed by atoms with Gasteiger partial charge in [-0.1, -0.05) is 6.07 Å². The van der Waals surface area contributed by atoms with Gasteiger partial charge < -0.3 is 14.2 Å². The lowest BCUT2D eigenvalue weighted by molar-refractivity contribution is 0.0258. The van der Waals surface area contributed by atoms with Gasteiger partial charge in [-0.3, -0.25) is 4.90 Å². The van der Waals surface area contributed by atoms with Crippen molar-refractivity contribution in [1.29, 1.82) is 0 Å². The van der Waals surface area contributed by atoms with E-state index in [4.69, 9.17) is 14.2 Å². The molecule has 3 aliphatic rings. The number of likely N-dealkylation sites (tertiary alicyclic amines) is 1. The second-order valence-electron chi connectivity index (χ2n) is 6.80. The van der Waals surface area contributed by atoms with E-state index in [1.165, 1.54) is 0 Å². The van der Waals surface area contributed by atoms with E-state index in [0.717, 1.165) is 52.4 Å². The zero-order valence-corrected chi connectivity index (χ0v) is 12.9. The molecule has 0 radical (unpaired) electrons. The molecular weight excluding hydrogens is 280 g/mol. The molecule has 22 heavy (non-hydrogen) atoms. The summed E-state index contributed by atoms with van der Waals surface area (Å²) in [6.07, 6.45) is 4.09. The van der Waals surface area contributed by atoms with E-state index in [-0.39, 0.29) is 5.41 Å². The molecular formula is C17H24N2O3. The summed E-state index contributed by atoms with van der Waals surface area (Å²) in [6, 6.07) is 6.47. The number of rotatable bonds is 4. The normalized spacial score (nSPS) is 33.0. The highest BCUT2D eigenvalue weighted by Gasteiger charge is 2.52. The third-order valence-corrected chi connectivity index (χ3v) is 5.40. The number of fused-ring (bicyclic) bond motifs is 1. The maximum absolute atomic E-state index is 5.99. The van der Waals surface area contributed by atoms with Crippen molar-refractivity contribution in [3.8, 4) is 5.88 Å². The Morgan fingerprint density at radius 2 is 2.18 bits per heavy atom. The summed E-state index contributed by atoms with van der Waals surface area (Å²) < 4.78 is 17.3. The Kier molecular flexibility index (Phi) is 4.03. The minimum absolute atomic E-state index is 0.135. The number of nitrogens with zero attached hydrogens (tertiary/aromatic N) is 2. The minimum atomic E-state index is 0.135. The first-order chi connectivity index (χ1) is 10.9. The first-order valence-corrected chi connectivity index (χ1v) is 8.29. The second kappa shape index (κ2) is 6.14. The minimum Gasteiger partial charge on any atom is -0.477 e. The van der Waals surface area contributed by atoms with Crippen molar-refractivity contribution < 1.29 is 14.2 Å². The Bertz CT molecular complexity index is 492. The third-order valence-electron chi connectivity index (χ3n) is 5.40. The SMILES string of the molecule is c1ccc(OC[C@]23COC[C@H]2CN(C2CCOCC2)C3)nc1. The molecule has 3 fully saturated rings. The van der Waals surface area contributed by atoms with Gasteiger partial charge in [-0.15, -0.1) is 0 Å². The molecule has 3 saturated heterocycles. The zero-order chi connectivity index (χ0) is 14.8. The van der Waals surface area contributed by atoms with E-state index in [0.29, 0.717) is 24.4 Å². The van der Waals surface area contributed by atoms with Crippen LogP contribution in [0.2, 0.25) is 0 Å². The molecule has 0 aromatic carbocycles. The smallest absolute Gasteiger partial charge is 0.213 e.